The predicted molar refractivity (Wildman–Crippen MR) is 75.9 cm³/mol. The Bertz CT molecular complexity index is 561. The first-order chi connectivity index (χ1) is 10.3. The summed E-state index contributed by atoms with van der Waals surface area (Å²) < 4.78 is 19.4. The van der Waals surface area contributed by atoms with Crippen molar-refractivity contribution in [3.63, 3.8) is 0 Å². The lowest BCUT2D eigenvalue weighted by Gasteiger charge is -2.31. The topological polar surface area (TPSA) is 62.8 Å². The van der Waals surface area contributed by atoms with Crippen molar-refractivity contribution in [2.24, 2.45) is 5.92 Å². The molecule has 0 radical (unpaired) electrons. The van der Waals surface area contributed by atoms with Gasteiger partial charge in [0.25, 0.3) is 0 Å². The summed E-state index contributed by atoms with van der Waals surface area (Å²) in [6, 6.07) is 3.65. The number of halogens is 1. The fourth-order valence-electron chi connectivity index (χ4n) is 2.76. The molecule has 0 saturated carbocycles. The molecule has 2 aromatic rings. The third kappa shape index (κ3) is 3.46. The van der Waals surface area contributed by atoms with Crippen molar-refractivity contribution < 1.29 is 9.13 Å². The van der Waals surface area contributed by atoms with Gasteiger partial charge in [-0.2, -0.15) is 5.10 Å². The summed E-state index contributed by atoms with van der Waals surface area (Å²) in [4.78, 5) is 3.75. The molecule has 2 aromatic heterocycles. The van der Waals surface area contributed by atoms with Crippen LogP contribution in [0.3, 0.4) is 0 Å². The Morgan fingerprint density at radius 3 is 3.14 bits per heavy atom. The Kier molecular flexibility index (Phi) is 4.57. The summed E-state index contributed by atoms with van der Waals surface area (Å²) in [6.07, 6.45) is 6.78. The zero-order valence-electron chi connectivity index (χ0n) is 11.8. The SMILES string of the molecule is Fc1cnccc1CNC[C@@H]1CCCO[C@H]1c1ccn[nH]1. The van der Waals surface area contributed by atoms with E-state index in [9.17, 15) is 4.39 Å². The first-order valence-corrected chi connectivity index (χ1v) is 7.24. The molecule has 3 rings (SSSR count). The molecule has 112 valence electrons. The number of nitrogens with zero attached hydrogens (tertiary/aromatic N) is 2. The Balaban J connectivity index is 1.57. The molecule has 0 spiro atoms. The van der Waals surface area contributed by atoms with Crippen LogP contribution in [0.25, 0.3) is 0 Å². The van der Waals surface area contributed by atoms with E-state index < -0.39 is 0 Å². The van der Waals surface area contributed by atoms with Crippen LogP contribution in [-0.4, -0.2) is 28.3 Å². The Labute approximate surface area is 122 Å². The molecule has 21 heavy (non-hydrogen) atoms. The molecule has 1 fully saturated rings. The minimum atomic E-state index is -0.269. The normalized spacial score (nSPS) is 22.3. The molecular weight excluding hydrogens is 271 g/mol. The Morgan fingerprint density at radius 2 is 2.33 bits per heavy atom. The van der Waals surface area contributed by atoms with E-state index in [0.29, 0.717) is 18.0 Å². The molecule has 0 aromatic carbocycles. The Morgan fingerprint density at radius 1 is 1.38 bits per heavy atom. The van der Waals surface area contributed by atoms with Gasteiger partial charge in [-0.15, -0.1) is 0 Å². The van der Waals surface area contributed by atoms with Crippen molar-refractivity contribution in [2.75, 3.05) is 13.2 Å². The van der Waals surface area contributed by atoms with Crippen molar-refractivity contribution in [3.05, 3.63) is 47.8 Å². The molecule has 1 aliphatic heterocycles. The maximum Gasteiger partial charge on any atom is 0.145 e. The molecule has 0 amide bonds. The second kappa shape index (κ2) is 6.78. The van der Waals surface area contributed by atoms with Gasteiger partial charge in [-0.1, -0.05) is 0 Å². The van der Waals surface area contributed by atoms with Crippen LogP contribution in [0, 0.1) is 11.7 Å². The van der Waals surface area contributed by atoms with Gasteiger partial charge in [0.2, 0.25) is 0 Å². The van der Waals surface area contributed by atoms with E-state index >= 15 is 0 Å². The number of aromatic amines is 1. The monoisotopic (exact) mass is 290 g/mol. The fourth-order valence-corrected chi connectivity index (χ4v) is 2.76. The number of nitrogens with one attached hydrogen (secondary N) is 2. The Hall–Kier alpha value is -1.79. The van der Waals surface area contributed by atoms with Crippen molar-refractivity contribution in [3.8, 4) is 0 Å². The summed E-state index contributed by atoms with van der Waals surface area (Å²) >= 11 is 0. The lowest BCUT2D eigenvalue weighted by atomic mass is 9.92. The largest absolute Gasteiger partial charge is 0.372 e. The molecule has 5 nitrogen and oxygen atoms in total. The van der Waals surface area contributed by atoms with E-state index in [4.69, 9.17) is 4.74 Å². The first kappa shape index (κ1) is 14.2. The molecule has 1 saturated heterocycles. The average molecular weight is 290 g/mol. The third-order valence-corrected chi connectivity index (χ3v) is 3.85. The average Bonchev–Trinajstić information content (AvgIpc) is 3.04. The molecule has 2 N–H and O–H groups in total. The van der Waals surface area contributed by atoms with Crippen molar-refractivity contribution in [1.82, 2.24) is 20.5 Å². The van der Waals surface area contributed by atoms with Gasteiger partial charge in [-0.3, -0.25) is 10.1 Å². The highest BCUT2D eigenvalue weighted by Gasteiger charge is 2.28. The second-order valence-corrected chi connectivity index (χ2v) is 5.30. The van der Waals surface area contributed by atoms with Crippen LogP contribution >= 0.6 is 0 Å². The van der Waals surface area contributed by atoms with E-state index in [0.717, 1.165) is 31.7 Å². The number of H-pyrrole nitrogens is 1. The van der Waals surface area contributed by atoms with Gasteiger partial charge in [0, 0.05) is 43.6 Å². The number of hydrogen-bond acceptors (Lipinski definition) is 4. The summed E-state index contributed by atoms with van der Waals surface area (Å²) in [7, 11) is 0. The quantitative estimate of drug-likeness (QED) is 0.886. The molecular formula is C15H19FN4O. The molecule has 1 aliphatic rings. The summed E-state index contributed by atoms with van der Waals surface area (Å²) in [5, 5.41) is 10.3. The van der Waals surface area contributed by atoms with Gasteiger partial charge in [0.15, 0.2) is 0 Å². The van der Waals surface area contributed by atoms with E-state index in [1.54, 1.807) is 18.5 Å². The van der Waals surface area contributed by atoms with Gasteiger partial charge in [-0.25, -0.2) is 4.39 Å². The molecule has 0 bridgehead atoms. The number of aromatic nitrogens is 3. The summed E-state index contributed by atoms with van der Waals surface area (Å²) in [5.74, 6) is 0.0964. The lowest BCUT2D eigenvalue weighted by molar-refractivity contribution is -0.0303. The van der Waals surface area contributed by atoms with Gasteiger partial charge in [-0.05, 0) is 25.0 Å². The number of pyridine rings is 1. The second-order valence-electron chi connectivity index (χ2n) is 5.30. The van der Waals surface area contributed by atoms with E-state index in [1.807, 2.05) is 6.07 Å². The predicted octanol–water partition coefficient (Wildman–Crippen LogP) is 2.20. The highest BCUT2D eigenvalue weighted by Crippen LogP contribution is 2.31. The van der Waals surface area contributed by atoms with Crippen LogP contribution in [0.4, 0.5) is 4.39 Å². The molecule has 0 unspecified atom stereocenters. The molecule has 6 heteroatoms. The maximum atomic E-state index is 13.5. The highest BCUT2D eigenvalue weighted by atomic mass is 19.1. The van der Waals surface area contributed by atoms with Crippen molar-refractivity contribution in [1.29, 1.82) is 0 Å². The van der Waals surface area contributed by atoms with Crippen LogP contribution in [0.15, 0.2) is 30.7 Å². The number of ether oxygens (including phenoxy) is 1. The minimum absolute atomic E-state index is 0.0380. The van der Waals surface area contributed by atoms with E-state index in [2.05, 4.69) is 20.5 Å². The zero-order chi connectivity index (χ0) is 14.5. The van der Waals surface area contributed by atoms with Crippen LogP contribution in [0.1, 0.15) is 30.2 Å². The van der Waals surface area contributed by atoms with Gasteiger partial charge in [0.05, 0.1) is 11.9 Å². The molecule has 3 heterocycles. The van der Waals surface area contributed by atoms with Crippen LogP contribution in [-0.2, 0) is 11.3 Å². The van der Waals surface area contributed by atoms with Crippen molar-refractivity contribution >= 4 is 0 Å². The smallest absolute Gasteiger partial charge is 0.145 e. The third-order valence-electron chi connectivity index (χ3n) is 3.85. The van der Waals surface area contributed by atoms with Crippen LogP contribution < -0.4 is 5.32 Å². The van der Waals surface area contributed by atoms with Gasteiger partial charge < -0.3 is 10.1 Å². The van der Waals surface area contributed by atoms with E-state index in [1.165, 1.54) is 6.20 Å². The molecule has 0 aliphatic carbocycles. The van der Waals surface area contributed by atoms with Gasteiger partial charge in [0.1, 0.15) is 11.9 Å². The van der Waals surface area contributed by atoms with E-state index in [-0.39, 0.29) is 11.9 Å². The zero-order valence-corrected chi connectivity index (χ0v) is 11.8. The number of hydrogen-bond donors (Lipinski definition) is 2. The minimum Gasteiger partial charge on any atom is -0.372 e. The summed E-state index contributed by atoms with van der Waals surface area (Å²) in [6.45, 7) is 2.06. The molecule has 2 atom stereocenters. The van der Waals surface area contributed by atoms with Gasteiger partial charge >= 0.3 is 0 Å². The lowest BCUT2D eigenvalue weighted by Crippen LogP contribution is -2.32. The highest BCUT2D eigenvalue weighted by molar-refractivity contribution is 5.12. The summed E-state index contributed by atoms with van der Waals surface area (Å²) in [5.41, 5.74) is 1.65. The van der Waals surface area contributed by atoms with Crippen molar-refractivity contribution in [2.45, 2.75) is 25.5 Å². The standard InChI is InChI=1S/C15H19FN4O/c16-13-10-17-5-3-11(13)8-18-9-12-2-1-7-21-15(12)14-4-6-19-20-14/h3-6,10,12,15,18H,1-2,7-9H2,(H,19,20)/t12-,15+/m0/s1. The number of rotatable bonds is 5. The fraction of sp³-hybridized carbons (Fsp3) is 0.467. The maximum absolute atomic E-state index is 13.5. The van der Waals surface area contributed by atoms with Crippen LogP contribution in [0.5, 0.6) is 0 Å². The first-order valence-electron chi connectivity index (χ1n) is 7.24. The van der Waals surface area contributed by atoms with Crippen LogP contribution in [0.2, 0.25) is 0 Å².